The van der Waals surface area contributed by atoms with Gasteiger partial charge in [0, 0.05) is 25.7 Å². The molecule has 588 valence electrons. The molecule has 0 bridgehead atoms. The molecule has 2 unspecified atom stereocenters. The van der Waals surface area contributed by atoms with Crippen LogP contribution < -0.4 is 0 Å². The molecule has 0 aliphatic carbocycles. The summed E-state index contributed by atoms with van der Waals surface area (Å²) < 4.78 is 68.6. The summed E-state index contributed by atoms with van der Waals surface area (Å²) in [5.41, 5.74) is 0. The van der Waals surface area contributed by atoms with E-state index in [1.54, 1.807) is 0 Å². The van der Waals surface area contributed by atoms with E-state index in [4.69, 9.17) is 37.0 Å². The number of unbranched alkanes of at least 4 members (excludes halogenated alkanes) is 49. The van der Waals surface area contributed by atoms with E-state index in [0.29, 0.717) is 31.6 Å². The van der Waals surface area contributed by atoms with Crippen molar-refractivity contribution < 1.29 is 80.2 Å². The van der Waals surface area contributed by atoms with E-state index in [-0.39, 0.29) is 25.7 Å². The van der Waals surface area contributed by atoms with Gasteiger partial charge in [0.05, 0.1) is 26.4 Å². The fraction of sp³-hybridized carbons (Fsp3) is 0.950. The molecule has 0 rings (SSSR count). The Bertz CT molecular complexity index is 1910. The standard InChI is InChI=1S/C80H156O17P2/c1-7-9-11-13-15-17-19-20-21-22-23-24-25-28-32-36-40-46-53-59-65-80(85)96-75(68-90-77(82)62-56-50-44-38-35-31-29-26-27-30-34-37-42-48-54-60-72(3)4)70-94-98(86,87)92-66-74(81)67-93-99(88,89)95-71-76(69-91-78(83)63-57-51-47-41-43-49-55-61-73(5)6)97-79(84)64-58-52-45-39-33-18-16-14-12-10-8-2/h72-76,81H,7-71H2,1-6H3,(H,86,87)(H,88,89)/t74-,75-,76-/m1/s1. The summed E-state index contributed by atoms with van der Waals surface area (Å²) in [5, 5.41) is 10.6. The molecule has 0 fully saturated rings. The highest BCUT2D eigenvalue weighted by molar-refractivity contribution is 7.47. The molecule has 0 aromatic carbocycles. The maximum atomic E-state index is 13.1. The number of carbonyl (C=O) groups excluding carboxylic acids is 4. The molecule has 99 heavy (non-hydrogen) atoms. The molecule has 0 aliphatic rings. The second-order valence-electron chi connectivity index (χ2n) is 29.8. The van der Waals surface area contributed by atoms with Gasteiger partial charge in [0.2, 0.25) is 0 Å². The van der Waals surface area contributed by atoms with Crippen LogP contribution in [-0.2, 0) is 65.4 Å². The third-order valence-corrected chi connectivity index (χ3v) is 20.6. The molecule has 0 aromatic heterocycles. The molecular weight excluding hydrogens is 1290 g/mol. The molecule has 5 atom stereocenters. The highest BCUT2D eigenvalue weighted by atomic mass is 31.2. The molecule has 0 saturated carbocycles. The van der Waals surface area contributed by atoms with Gasteiger partial charge in [0.15, 0.2) is 12.2 Å². The zero-order valence-corrected chi connectivity index (χ0v) is 66.6. The molecule has 19 heteroatoms. The zero-order valence-electron chi connectivity index (χ0n) is 64.8. The van der Waals surface area contributed by atoms with Gasteiger partial charge in [-0.2, -0.15) is 0 Å². The fourth-order valence-corrected chi connectivity index (χ4v) is 13.9. The predicted molar refractivity (Wildman–Crippen MR) is 405 cm³/mol. The van der Waals surface area contributed by atoms with Crippen molar-refractivity contribution in [1.82, 2.24) is 0 Å². The molecule has 0 amide bonds. The second kappa shape index (κ2) is 71.7. The number of hydrogen-bond acceptors (Lipinski definition) is 15. The number of hydrogen-bond donors (Lipinski definition) is 3. The largest absolute Gasteiger partial charge is 0.472 e. The van der Waals surface area contributed by atoms with Crippen LogP contribution in [0.1, 0.15) is 420 Å². The lowest BCUT2D eigenvalue weighted by atomic mass is 10.0. The number of aliphatic hydroxyl groups excluding tert-OH is 1. The third kappa shape index (κ3) is 74.1. The van der Waals surface area contributed by atoms with Gasteiger partial charge in [-0.05, 0) is 37.5 Å². The monoisotopic (exact) mass is 1450 g/mol. The Kier molecular flexibility index (Phi) is 70.3. The normalized spacial score (nSPS) is 13.9. The average Bonchev–Trinajstić information content (AvgIpc) is 0.969. The fourth-order valence-electron chi connectivity index (χ4n) is 12.4. The summed E-state index contributed by atoms with van der Waals surface area (Å²) in [5.74, 6) is -0.600. The van der Waals surface area contributed by atoms with Crippen LogP contribution in [0.25, 0.3) is 0 Å². The lowest BCUT2D eigenvalue weighted by molar-refractivity contribution is -0.161. The molecule has 0 heterocycles. The van der Waals surface area contributed by atoms with Gasteiger partial charge in [-0.15, -0.1) is 0 Å². The van der Waals surface area contributed by atoms with Gasteiger partial charge in [-0.25, -0.2) is 9.13 Å². The Morgan fingerprint density at radius 2 is 0.465 bits per heavy atom. The van der Waals surface area contributed by atoms with Gasteiger partial charge in [0.25, 0.3) is 0 Å². The minimum Gasteiger partial charge on any atom is -0.462 e. The van der Waals surface area contributed by atoms with Crippen molar-refractivity contribution in [2.75, 3.05) is 39.6 Å². The van der Waals surface area contributed by atoms with Crippen molar-refractivity contribution >= 4 is 39.5 Å². The Hall–Kier alpha value is -1.94. The number of ether oxygens (including phenoxy) is 4. The van der Waals surface area contributed by atoms with Crippen molar-refractivity contribution in [3.63, 3.8) is 0 Å². The lowest BCUT2D eigenvalue weighted by Crippen LogP contribution is -2.30. The smallest absolute Gasteiger partial charge is 0.462 e. The number of phosphoric ester groups is 2. The van der Waals surface area contributed by atoms with E-state index >= 15 is 0 Å². The van der Waals surface area contributed by atoms with Crippen LogP contribution in [0.2, 0.25) is 0 Å². The maximum absolute atomic E-state index is 13.1. The first-order valence-electron chi connectivity index (χ1n) is 41.5. The highest BCUT2D eigenvalue weighted by Gasteiger charge is 2.30. The number of aliphatic hydroxyl groups is 1. The molecule has 0 radical (unpaired) electrons. The molecule has 0 spiro atoms. The van der Waals surface area contributed by atoms with Crippen molar-refractivity contribution in [2.24, 2.45) is 11.8 Å². The van der Waals surface area contributed by atoms with Gasteiger partial charge < -0.3 is 33.8 Å². The van der Waals surface area contributed by atoms with Crippen LogP contribution in [0.3, 0.4) is 0 Å². The van der Waals surface area contributed by atoms with Gasteiger partial charge in [-0.1, -0.05) is 369 Å². The number of carbonyl (C=O) groups is 4. The lowest BCUT2D eigenvalue weighted by Gasteiger charge is -2.21. The summed E-state index contributed by atoms with van der Waals surface area (Å²) in [7, 11) is -9.91. The van der Waals surface area contributed by atoms with E-state index in [1.807, 2.05) is 0 Å². The van der Waals surface area contributed by atoms with Crippen LogP contribution in [0.15, 0.2) is 0 Å². The Balaban J connectivity index is 5.21. The number of phosphoric acid groups is 2. The van der Waals surface area contributed by atoms with E-state index in [0.717, 1.165) is 102 Å². The first kappa shape index (κ1) is 97.1. The van der Waals surface area contributed by atoms with Crippen LogP contribution in [0.4, 0.5) is 0 Å². The molecule has 0 aliphatic heterocycles. The van der Waals surface area contributed by atoms with Crippen LogP contribution in [-0.4, -0.2) is 96.7 Å². The van der Waals surface area contributed by atoms with Crippen LogP contribution in [0, 0.1) is 11.8 Å². The first-order chi connectivity index (χ1) is 47.9. The van der Waals surface area contributed by atoms with E-state index in [1.165, 1.54) is 231 Å². The highest BCUT2D eigenvalue weighted by Crippen LogP contribution is 2.45. The van der Waals surface area contributed by atoms with Gasteiger partial charge >= 0.3 is 39.5 Å². The predicted octanol–water partition coefficient (Wildman–Crippen LogP) is 23.9. The van der Waals surface area contributed by atoms with Crippen molar-refractivity contribution in [3.8, 4) is 0 Å². The zero-order chi connectivity index (χ0) is 72.8. The molecule has 0 aromatic rings. The van der Waals surface area contributed by atoms with Crippen LogP contribution in [0.5, 0.6) is 0 Å². The summed E-state index contributed by atoms with van der Waals surface area (Å²) in [6.07, 6.45) is 61.2. The Morgan fingerprint density at radius 3 is 0.687 bits per heavy atom. The van der Waals surface area contributed by atoms with Gasteiger partial charge in [-0.3, -0.25) is 37.3 Å². The summed E-state index contributed by atoms with van der Waals surface area (Å²) in [6, 6.07) is 0. The topological polar surface area (TPSA) is 237 Å². The molecule has 3 N–H and O–H groups in total. The van der Waals surface area contributed by atoms with E-state index in [2.05, 4.69) is 41.5 Å². The third-order valence-electron chi connectivity index (χ3n) is 18.7. The van der Waals surface area contributed by atoms with Crippen molar-refractivity contribution in [1.29, 1.82) is 0 Å². The van der Waals surface area contributed by atoms with Crippen molar-refractivity contribution in [2.45, 2.75) is 439 Å². The Labute approximate surface area is 607 Å². The van der Waals surface area contributed by atoms with Crippen LogP contribution >= 0.6 is 15.6 Å². The summed E-state index contributed by atoms with van der Waals surface area (Å²) in [6.45, 7) is 9.59. The average molecular weight is 1450 g/mol. The quantitative estimate of drug-likeness (QED) is 0.0222. The minimum absolute atomic E-state index is 0.106. The number of esters is 4. The van der Waals surface area contributed by atoms with E-state index in [9.17, 15) is 43.2 Å². The molecule has 0 saturated heterocycles. The summed E-state index contributed by atoms with van der Waals surface area (Å²) in [4.78, 5) is 72.9. The summed E-state index contributed by atoms with van der Waals surface area (Å²) >= 11 is 0. The second-order valence-corrected chi connectivity index (χ2v) is 32.7. The number of rotatable bonds is 79. The maximum Gasteiger partial charge on any atom is 0.472 e. The first-order valence-corrected chi connectivity index (χ1v) is 44.5. The SMILES string of the molecule is CCCCCCCCCCCCCCCCCCCCCCC(=O)O[C@H](COC(=O)CCCCCCCCCCCCCCCCCC(C)C)COP(=O)(O)OC[C@@H](O)COP(=O)(O)OC[C@@H](COC(=O)CCCCCCCCCC(C)C)OC(=O)CCCCCCCCCCCCC. The molecule has 17 nitrogen and oxygen atoms in total. The van der Waals surface area contributed by atoms with E-state index < -0.39 is 97.5 Å². The Morgan fingerprint density at radius 1 is 0.273 bits per heavy atom. The minimum atomic E-state index is -4.96. The molecular formula is C80H156O17P2. The van der Waals surface area contributed by atoms with Gasteiger partial charge in [0.1, 0.15) is 19.3 Å². The van der Waals surface area contributed by atoms with Crippen molar-refractivity contribution in [3.05, 3.63) is 0 Å².